The summed E-state index contributed by atoms with van der Waals surface area (Å²) in [6.07, 6.45) is 0. The predicted molar refractivity (Wildman–Crippen MR) is 76.2 cm³/mol. The van der Waals surface area contributed by atoms with Crippen molar-refractivity contribution in [2.75, 3.05) is 33.0 Å². The number of nitrogens with one attached hydrogen (secondary N) is 2. The minimum atomic E-state index is -0.0336. The van der Waals surface area contributed by atoms with Gasteiger partial charge in [-0.1, -0.05) is 6.07 Å². The van der Waals surface area contributed by atoms with E-state index in [1.807, 2.05) is 53.2 Å². The zero-order valence-corrected chi connectivity index (χ0v) is 11.9. The number of hydrogen-bond acceptors (Lipinski definition) is 3. The number of nitrogens with zero attached hydrogens (tertiary/aromatic N) is 1. The van der Waals surface area contributed by atoms with E-state index in [-0.39, 0.29) is 11.9 Å². The molecule has 4 heteroatoms. The molecule has 1 aromatic rings. The van der Waals surface area contributed by atoms with Crippen molar-refractivity contribution in [3.05, 3.63) is 29.3 Å². The fourth-order valence-corrected chi connectivity index (χ4v) is 1.96. The highest BCUT2D eigenvalue weighted by atomic mass is 16.1. The van der Waals surface area contributed by atoms with Crippen LogP contribution in [-0.4, -0.2) is 44.5 Å². The van der Waals surface area contributed by atoms with E-state index in [1.54, 1.807) is 0 Å². The quantitative estimate of drug-likeness (QED) is 0.835. The van der Waals surface area contributed by atoms with E-state index in [0.717, 1.165) is 17.8 Å². The average molecular weight is 249 g/mol. The first-order valence-electron chi connectivity index (χ1n) is 6.18. The van der Waals surface area contributed by atoms with Gasteiger partial charge in [0.15, 0.2) is 0 Å². The molecule has 100 valence electrons. The number of carbonyl (C=O) groups is 1. The lowest BCUT2D eigenvalue weighted by molar-refractivity contribution is 0.0935. The molecule has 18 heavy (non-hydrogen) atoms. The van der Waals surface area contributed by atoms with Crippen LogP contribution in [0.1, 0.15) is 22.8 Å². The van der Waals surface area contributed by atoms with Crippen molar-refractivity contribution in [2.45, 2.75) is 19.9 Å². The van der Waals surface area contributed by atoms with Crippen molar-refractivity contribution >= 4 is 11.6 Å². The number of anilines is 1. The molecular weight excluding hydrogens is 226 g/mol. The van der Waals surface area contributed by atoms with Gasteiger partial charge in [0.05, 0.1) is 5.56 Å². The Kier molecular flexibility index (Phi) is 5.16. The average Bonchev–Trinajstić information content (AvgIpc) is 2.27. The van der Waals surface area contributed by atoms with Crippen LogP contribution >= 0.6 is 0 Å². The zero-order valence-electron chi connectivity index (χ0n) is 11.9. The molecule has 2 N–H and O–H groups in total. The van der Waals surface area contributed by atoms with Gasteiger partial charge in [-0.2, -0.15) is 0 Å². The smallest absolute Gasteiger partial charge is 0.253 e. The Morgan fingerprint density at radius 3 is 2.61 bits per heavy atom. The van der Waals surface area contributed by atoms with Gasteiger partial charge in [-0.15, -0.1) is 0 Å². The molecular formula is C14H23N3O. The second kappa shape index (κ2) is 6.40. The Bertz CT molecular complexity index is 416. The van der Waals surface area contributed by atoms with Crippen molar-refractivity contribution in [3.8, 4) is 0 Å². The molecule has 0 aliphatic rings. The van der Waals surface area contributed by atoms with Crippen molar-refractivity contribution in [3.63, 3.8) is 0 Å². The highest BCUT2D eigenvalue weighted by Gasteiger charge is 2.13. The monoisotopic (exact) mass is 249 g/mol. The summed E-state index contributed by atoms with van der Waals surface area (Å²) in [4.78, 5) is 14.2. The summed E-state index contributed by atoms with van der Waals surface area (Å²) in [6.45, 7) is 4.84. The maximum Gasteiger partial charge on any atom is 0.253 e. The third kappa shape index (κ3) is 4.04. The largest absolute Gasteiger partial charge is 0.387 e. The maximum atomic E-state index is 12.2. The van der Waals surface area contributed by atoms with Gasteiger partial charge in [-0.3, -0.25) is 4.79 Å². The lowest BCUT2D eigenvalue weighted by Gasteiger charge is -2.19. The van der Waals surface area contributed by atoms with E-state index in [4.69, 9.17) is 0 Å². The highest BCUT2D eigenvalue weighted by Crippen LogP contribution is 2.16. The molecule has 0 aliphatic carbocycles. The van der Waals surface area contributed by atoms with Crippen molar-refractivity contribution in [1.82, 2.24) is 10.2 Å². The molecule has 0 radical (unpaired) electrons. The molecule has 0 aromatic heterocycles. The van der Waals surface area contributed by atoms with E-state index >= 15 is 0 Å². The van der Waals surface area contributed by atoms with E-state index in [0.29, 0.717) is 5.56 Å². The third-order valence-electron chi connectivity index (χ3n) is 2.71. The van der Waals surface area contributed by atoms with Gasteiger partial charge in [0, 0.05) is 25.3 Å². The van der Waals surface area contributed by atoms with Crippen LogP contribution in [0.5, 0.6) is 0 Å². The summed E-state index contributed by atoms with van der Waals surface area (Å²) in [7, 11) is 5.82. The van der Waals surface area contributed by atoms with Crippen LogP contribution in [0.15, 0.2) is 18.2 Å². The normalized spacial score (nSPS) is 12.3. The first kappa shape index (κ1) is 14.5. The van der Waals surface area contributed by atoms with Crippen molar-refractivity contribution in [1.29, 1.82) is 0 Å². The molecule has 0 saturated heterocycles. The Balaban J connectivity index is 2.78. The van der Waals surface area contributed by atoms with E-state index < -0.39 is 0 Å². The van der Waals surface area contributed by atoms with Crippen LogP contribution in [0.2, 0.25) is 0 Å². The Labute approximate surface area is 109 Å². The SMILES string of the molecule is CNc1cc(C)ccc1C(=O)NC(C)CN(C)C. The summed E-state index contributed by atoms with van der Waals surface area (Å²) < 4.78 is 0. The summed E-state index contributed by atoms with van der Waals surface area (Å²) in [6, 6.07) is 5.91. The van der Waals surface area contributed by atoms with Crippen LogP contribution in [0.3, 0.4) is 0 Å². The number of amides is 1. The predicted octanol–water partition coefficient (Wildman–Crippen LogP) is 1.72. The Morgan fingerprint density at radius 1 is 1.39 bits per heavy atom. The molecule has 1 aromatic carbocycles. The van der Waals surface area contributed by atoms with Gasteiger partial charge in [0.25, 0.3) is 5.91 Å². The van der Waals surface area contributed by atoms with Crippen molar-refractivity contribution < 1.29 is 4.79 Å². The summed E-state index contributed by atoms with van der Waals surface area (Å²) in [5.74, 6) is -0.0336. The number of rotatable bonds is 5. The van der Waals surface area contributed by atoms with Crippen LogP contribution in [0.25, 0.3) is 0 Å². The zero-order chi connectivity index (χ0) is 13.7. The topological polar surface area (TPSA) is 44.4 Å². The Hall–Kier alpha value is -1.55. The van der Waals surface area contributed by atoms with E-state index in [2.05, 4.69) is 15.5 Å². The second-order valence-corrected chi connectivity index (χ2v) is 4.94. The molecule has 0 heterocycles. The lowest BCUT2D eigenvalue weighted by atomic mass is 10.1. The van der Waals surface area contributed by atoms with E-state index in [9.17, 15) is 4.79 Å². The first-order valence-corrected chi connectivity index (χ1v) is 6.18. The van der Waals surface area contributed by atoms with E-state index in [1.165, 1.54) is 0 Å². The van der Waals surface area contributed by atoms with Crippen LogP contribution < -0.4 is 10.6 Å². The summed E-state index contributed by atoms with van der Waals surface area (Å²) in [5, 5.41) is 6.06. The van der Waals surface area contributed by atoms with Gasteiger partial charge in [0.1, 0.15) is 0 Å². The number of aryl methyl sites for hydroxylation is 1. The molecule has 1 atom stereocenters. The number of carbonyl (C=O) groups excluding carboxylic acids is 1. The molecule has 1 unspecified atom stereocenters. The van der Waals surface area contributed by atoms with Gasteiger partial charge < -0.3 is 15.5 Å². The third-order valence-corrected chi connectivity index (χ3v) is 2.71. The fourth-order valence-electron chi connectivity index (χ4n) is 1.96. The molecule has 0 aliphatic heterocycles. The highest BCUT2D eigenvalue weighted by molar-refractivity contribution is 5.99. The van der Waals surface area contributed by atoms with Gasteiger partial charge in [0.2, 0.25) is 0 Å². The van der Waals surface area contributed by atoms with Crippen LogP contribution in [0.4, 0.5) is 5.69 Å². The van der Waals surface area contributed by atoms with Crippen LogP contribution in [-0.2, 0) is 0 Å². The van der Waals surface area contributed by atoms with Gasteiger partial charge in [-0.25, -0.2) is 0 Å². The Morgan fingerprint density at radius 2 is 2.06 bits per heavy atom. The molecule has 0 bridgehead atoms. The molecule has 0 spiro atoms. The number of hydrogen-bond donors (Lipinski definition) is 2. The van der Waals surface area contributed by atoms with Crippen molar-refractivity contribution in [2.24, 2.45) is 0 Å². The molecule has 1 rings (SSSR count). The minimum Gasteiger partial charge on any atom is -0.387 e. The summed E-state index contributed by atoms with van der Waals surface area (Å²) >= 11 is 0. The van der Waals surface area contributed by atoms with Gasteiger partial charge >= 0.3 is 0 Å². The standard InChI is InChI=1S/C14H23N3O/c1-10-6-7-12(13(8-10)15-3)14(18)16-11(2)9-17(4)5/h6-8,11,15H,9H2,1-5H3,(H,16,18). The van der Waals surface area contributed by atoms with Crippen LogP contribution in [0, 0.1) is 6.92 Å². The van der Waals surface area contributed by atoms with Gasteiger partial charge in [-0.05, 0) is 45.6 Å². The second-order valence-electron chi connectivity index (χ2n) is 4.94. The fraction of sp³-hybridized carbons (Fsp3) is 0.500. The molecule has 4 nitrogen and oxygen atoms in total. The molecule has 0 fully saturated rings. The summed E-state index contributed by atoms with van der Waals surface area (Å²) in [5.41, 5.74) is 2.69. The maximum absolute atomic E-state index is 12.2. The first-order chi connectivity index (χ1) is 8.43. The molecule has 0 saturated carbocycles. The minimum absolute atomic E-state index is 0.0336. The lowest BCUT2D eigenvalue weighted by Crippen LogP contribution is -2.39. The molecule has 1 amide bonds. The number of likely N-dealkylation sites (N-methyl/N-ethyl adjacent to an activating group) is 1. The number of benzene rings is 1.